The molecule has 0 radical (unpaired) electrons. The van der Waals surface area contributed by atoms with Gasteiger partial charge in [-0.2, -0.15) is 0 Å². The zero-order chi connectivity index (χ0) is 16.6. The van der Waals surface area contributed by atoms with Crippen molar-refractivity contribution in [1.82, 2.24) is 0 Å². The van der Waals surface area contributed by atoms with Gasteiger partial charge in [0.05, 0.1) is 12.7 Å². The van der Waals surface area contributed by atoms with E-state index in [1.54, 1.807) is 0 Å². The van der Waals surface area contributed by atoms with E-state index in [1.165, 1.54) is 6.92 Å². The smallest absolute Gasteiger partial charge is 0.187 e. The first-order chi connectivity index (χ1) is 10.3. The number of hydrogen-bond donors (Lipinski definition) is 7. The highest BCUT2D eigenvalue weighted by Gasteiger charge is 2.49. The largest absolute Gasteiger partial charge is 0.394 e. The van der Waals surface area contributed by atoms with Crippen LogP contribution >= 0.6 is 0 Å². The summed E-state index contributed by atoms with van der Waals surface area (Å²) in [5.74, 6) is 0. The number of ether oxygens (including phenoxy) is 3. The van der Waals surface area contributed by atoms with Crippen molar-refractivity contribution in [1.29, 1.82) is 0 Å². The van der Waals surface area contributed by atoms with Gasteiger partial charge in [0.2, 0.25) is 0 Å². The second kappa shape index (κ2) is 7.01. The summed E-state index contributed by atoms with van der Waals surface area (Å²) in [5, 5.41) is 67.6. The molecular formula is C12H22O10. The van der Waals surface area contributed by atoms with Crippen molar-refractivity contribution in [2.45, 2.75) is 68.3 Å². The van der Waals surface area contributed by atoms with Gasteiger partial charge in [0.25, 0.3) is 0 Å². The Kier molecular flexibility index (Phi) is 5.72. The molecule has 0 saturated carbocycles. The van der Waals surface area contributed by atoms with Crippen LogP contribution in [0.5, 0.6) is 0 Å². The molecule has 0 bridgehead atoms. The SMILES string of the molecule is C[C@H]1O[C@@H](O[C@@H]2[C@@H](O)[C@H](O)O[C@@H](CO)[C@@H]2O)[C@@H](O)[C@@H](O)[C@@H]1O. The topological polar surface area (TPSA) is 169 Å². The van der Waals surface area contributed by atoms with Crippen molar-refractivity contribution in [3.8, 4) is 0 Å². The van der Waals surface area contributed by atoms with Crippen molar-refractivity contribution in [2.24, 2.45) is 0 Å². The van der Waals surface area contributed by atoms with Crippen LogP contribution in [0.1, 0.15) is 6.92 Å². The second-order valence-electron chi connectivity index (χ2n) is 5.51. The minimum atomic E-state index is -1.71. The van der Waals surface area contributed by atoms with Crippen molar-refractivity contribution >= 4 is 0 Å². The number of hydrogen-bond acceptors (Lipinski definition) is 10. The van der Waals surface area contributed by atoms with Crippen molar-refractivity contribution in [3.63, 3.8) is 0 Å². The number of aliphatic hydroxyl groups excluding tert-OH is 7. The average molecular weight is 326 g/mol. The van der Waals surface area contributed by atoms with Gasteiger partial charge < -0.3 is 50.0 Å². The molecule has 2 saturated heterocycles. The summed E-state index contributed by atoms with van der Waals surface area (Å²) in [4.78, 5) is 0. The Morgan fingerprint density at radius 3 is 2.05 bits per heavy atom. The van der Waals surface area contributed by atoms with Crippen LogP contribution in [0.3, 0.4) is 0 Å². The monoisotopic (exact) mass is 326 g/mol. The van der Waals surface area contributed by atoms with Crippen LogP contribution in [0.25, 0.3) is 0 Å². The molecule has 2 aliphatic heterocycles. The first-order valence-electron chi connectivity index (χ1n) is 6.93. The second-order valence-corrected chi connectivity index (χ2v) is 5.51. The summed E-state index contributed by atoms with van der Waals surface area (Å²) in [6.07, 6.45) is -14.3. The molecule has 22 heavy (non-hydrogen) atoms. The first kappa shape index (κ1) is 17.9. The standard InChI is InChI=1S/C12H22O10/c1-3-5(14)7(16)8(17)12(20-3)22-10-6(15)4(2-13)21-11(19)9(10)18/h3-19H,2H2,1H3/t3-,4+,5-,6+,7+,8+,9-,10+,11-,12+/m1/s1. The molecule has 130 valence electrons. The van der Waals surface area contributed by atoms with E-state index in [-0.39, 0.29) is 0 Å². The molecule has 0 aromatic heterocycles. The normalized spacial score (nSPS) is 53.5. The Morgan fingerprint density at radius 2 is 1.45 bits per heavy atom. The van der Waals surface area contributed by atoms with Gasteiger partial charge in [-0.05, 0) is 6.92 Å². The fraction of sp³-hybridized carbons (Fsp3) is 1.00. The summed E-state index contributed by atoms with van der Waals surface area (Å²) in [6, 6.07) is 0. The van der Waals surface area contributed by atoms with Crippen molar-refractivity contribution in [3.05, 3.63) is 0 Å². The zero-order valence-corrected chi connectivity index (χ0v) is 11.8. The molecular weight excluding hydrogens is 304 g/mol. The fourth-order valence-corrected chi connectivity index (χ4v) is 2.51. The maximum Gasteiger partial charge on any atom is 0.187 e. The van der Waals surface area contributed by atoms with Crippen molar-refractivity contribution in [2.75, 3.05) is 6.61 Å². The van der Waals surface area contributed by atoms with E-state index in [4.69, 9.17) is 19.3 Å². The third-order valence-electron chi connectivity index (χ3n) is 3.94. The molecule has 0 spiro atoms. The van der Waals surface area contributed by atoms with Crippen LogP contribution in [0.4, 0.5) is 0 Å². The summed E-state index contributed by atoms with van der Waals surface area (Å²) < 4.78 is 15.3. The number of rotatable bonds is 3. The molecule has 10 nitrogen and oxygen atoms in total. The highest BCUT2D eigenvalue weighted by atomic mass is 16.7. The van der Waals surface area contributed by atoms with Crippen LogP contribution in [-0.2, 0) is 14.2 Å². The third kappa shape index (κ3) is 3.26. The molecule has 0 unspecified atom stereocenters. The summed E-state index contributed by atoms with van der Waals surface area (Å²) in [7, 11) is 0. The van der Waals surface area contributed by atoms with E-state index in [9.17, 15) is 30.6 Å². The van der Waals surface area contributed by atoms with E-state index < -0.39 is 68.0 Å². The lowest BCUT2D eigenvalue weighted by Gasteiger charge is -2.44. The number of aliphatic hydroxyl groups is 7. The Morgan fingerprint density at radius 1 is 0.818 bits per heavy atom. The van der Waals surface area contributed by atoms with E-state index in [2.05, 4.69) is 0 Å². The lowest BCUT2D eigenvalue weighted by molar-refractivity contribution is -0.352. The van der Waals surface area contributed by atoms with Gasteiger partial charge in [0.1, 0.15) is 42.7 Å². The van der Waals surface area contributed by atoms with Gasteiger partial charge in [-0.15, -0.1) is 0 Å². The maximum absolute atomic E-state index is 9.99. The molecule has 2 heterocycles. The van der Waals surface area contributed by atoms with E-state index in [0.717, 1.165) is 0 Å². The van der Waals surface area contributed by atoms with Crippen molar-refractivity contribution < 1.29 is 50.0 Å². The molecule has 10 atom stereocenters. The Bertz CT molecular complexity index is 368. The van der Waals surface area contributed by atoms with Gasteiger partial charge in [0.15, 0.2) is 12.6 Å². The molecule has 2 aliphatic rings. The lowest BCUT2D eigenvalue weighted by atomic mass is 9.97. The molecule has 2 fully saturated rings. The van der Waals surface area contributed by atoms with Gasteiger partial charge in [-0.3, -0.25) is 0 Å². The molecule has 0 amide bonds. The molecule has 2 rings (SSSR count). The lowest BCUT2D eigenvalue weighted by Crippen LogP contribution is -2.63. The highest BCUT2D eigenvalue weighted by Crippen LogP contribution is 2.28. The van der Waals surface area contributed by atoms with E-state index in [1.807, 2.05) is 0 Å². The highest BCUT2D eigenvalue weighted by molar-refractivity contribution is 4.93. The van der Waals surface area contributed by atoms with E-state index in [0.29, 0.717) is 0 Å². The van der Waals surface area contributed by atoms with Gasteiger partial charge in [0, 0.05) is 0 Å². The predicted octanol–water partition coefficient (Wildman–Crippen LogP) is -4.37. The molecule has 0 aromatic carbocycles. The maximum atomic E-state index is 9.99. The first-order valence-corrected chi connectivity index (χ1v) is 6.93. The molecule has 0 aromatic rings. The van der Waals surface area contributed by atoms with Gasteiger partial charge in [-0.1, -0.05) is 0 Å². The average Bonchev–Trinajstić information content (AvgIpc) is 2.50. The van der Waals surface area contributed by atoms with Crippen LogP contribution in [0, 0.1) is 0 Å². The molecule has 7 N–H and O–H groups in total. The minimum Gasteiger partial charge on any atom is -0.394 e. The Balaban J connectivity index is 2.10. The quantitative estimate of drug-likeness (QED) is 0.269. The fourth-order valence-electron chi connectivity index (χ4n) is 2.51. The summed E-state index contributed by atoms with van der Waals surface area (Å²) in [6.45, 7) is 0.814. The third-order valence-corrected chi connectivity index (χ3v) is 3.94. The van der Waals surface area contributed by atoms with Crippen LogP contribution in [0.2, 0.25) is 0 Å². The van der Waals surface area contributed by atoms with Crippen LogP contribution < -0.4 is 0 Å². The minimum absolute atomic E-state index is 0.628. The molecule has 0 aliphatic carbocycles. The van der Waals surface area contributed by atoms with Gasteiger partial charge in [-0.25, -0.2) is 0 Å². The Hall–Kier alpha value is -0.400. The van der Waals surface area contributed by atoms with Crippen LogP contribution in [0.15, 0.2) is 0 Å². The summed E-state index contributed by atoms with van der Waals surface area (Å²) in [5.41, 5.74) is 0. The summed E-state index contributed by atoms with van der Waals surface area (Å²) >= 11 is 0. The van der Waals surface area contributed by atoms with E-state index >= 15 is 0 Å². The van der Waals surface area contributed by atoms with Gasteiger partial charge >= 0.3 is 0 Å². The zero-order valence-electron chi connectivity index (χ0n) is 11.8. The predicted molar refractivity (Wildman–Crippen MR) is 67.2 cm³/mol. The van der Waals surface area contributed by atoms with Crippen LogP contribution in [-0.4, -0.2) is 104 Å². The Labute approximate surface area is 126 Å². The molecule has 10 heteroatoms.